The van der Waals surface area contributed by atoms with E-state index in [1.54, 1.807) is 18.5 Å². The Bertz CT molecular complexity index is 502. The van der Waals surface area contributed by atoms with Crippen LogP contribution in [0.25, 0.3) is 0 Å². The second-order valence-corrected chi connectivity index (χ2v) is 5.85. The first kappa shape index (κ1) is 14.8. The standard InChI is InChI=1S/C11H17N5O3S/c1-6(10(18)19)7(2)12-9(17)5-20-11-13-14-15-16(11)8-3-4-8/h6-8H,3-5H2,1-2H3,(H,12,17)(H,18,19). The molecule has 110 valence electrons. The number of carboxylic acid groups (broad SMARTS) is 1. The molecule has 2 rings (SSSR count). The fraction of sp³-hybridized carbons (Fsp3) is 0.727. The van der Waals surface area contributed by atoms with Crippen molar-refractivity contribution in [2.75, 3.05) is 5.75 Å². The number of hydrogen-bond donors (Lipinski definition) is 2. The van der Waals surface area contributed by atoms with Gasteiger partial charge in [0, 0.05) is 6.04 Å². The number of aliphatic carboxylic acids is 1. The van der Waals surface area contributed by atoms with Crippen LogP contribution >= 0.6 is 11.8 Å². The lowest BCUT2D eigenvalue weighted by molar-refractivity contribution is -0.142. The van der Waals surface area contributed by atoms with Crippen LogP contribution in [0.3, 0.4) is 0 Å². The summed E-state index contributed by atoms with van der Waals surface area (Å²) in [6.07, 6.45) is 2.13. The van der Waals surface area contributed by atoms with E-state index in [9.17, 15) is 9.59 Å². The highest BCUT2D eigenvalue weighted by Gasteiger charge is 2.28. The number of carboxylic acids is 1. The van der Waals surface area contributed by atoms with E-state index in [-0.39, 0.29) is 11.7 Å². The first-order chi connectivity index (χ1) is 9.49. The fourth-order valence-corrected chi connectivity index (χ4v) is 2.35. The zero-order valence-corrected chi connectivity index (χ0v) is 12.1. The van der Waals surface area contributed by atoms with Crippen molar-refractivity contribution < 1.29 is 14.7 Å². The van der Waals surface area contributed by atoms with Gasteiger partial charge < -0.3 is 10.4 Å². The monoisotopic (exact) mass is 299 g/mol. The van der Waals surface area contributed by atoms with Crippen molar-refractivity contribution in [3.63, 3.8) is 0 Å². The molecule has 0 saturated heterocycles. The largest absolute Gasteiger partial charge is 0.481 e. The number of carbonyl (C=O) groups is 2. The Hall–Kier alpha value is -1.64. The van der Waals surface area contributed by atoms with Crippen molar-refractivity contribution >= 4 is 23.6 Å². The summed E-state index contributed by atoms with van der Waals surface area (Å²) in [7, 11) is 0. The molecule has 20 heavy (non-hydrogen) atoms. The minimum absolute atomic E-state index is 0.170. The van der Waals surface area contributed by atoms with Crippen LogP contribution in [0.15, 0.2) is 5.16 Å². The lowest BCUT2D eigenvalue weighted by atomic mass is 10.0. The first-order valence-electron chi connectivity index (χ1n) is 6.42. The number of carbonyl (C=O) groups excluding carboxylic acids is 1. The van der Waals surface area contributed by atoms with Crippen LogP contribution < -0.4 is 5.32 Å². The van der Waals surface area contributed by atoms with Crippen LogP contribution in [0.1, 0.15) is 32.7 Å². The van der Waals surface area contributed by atoms with E-state index in [0.29, 0.717) is 11.2 Å². The molecule has 0 radical (unpaired) electrons. The topological polar surface area (TPSA) is 110 Å². The average Bonchev–Trinajstić information content (AvgIpc) is 3.14. The number of amides is 1. The summed E-state index contributed by atoms with van der Waals surface area (Å²) in [6, 6.07) is -0.0541. The molecule has 2 atom stereocenters. The SMILES string of the molecule is CC(NC(=O)CSc1nnnn1C1CC1)C(C)C(=O)O. The van der Waals surface area contributed by atoms with Gasteiger partial charge in [0.05, 0.1) is 17.7 Å². The third kappa shape index (κ3) is 3.69. The molecular weight excluding hydrogens is 282 g/mol. The molecule has 2 unspecified atom stereocenters. The highest BCUT2D eigenvalue weighted by atomic mass is 32.2. The van der Waals surface area contributed by atoms with Gasteiger partial charge in [0.1, 0.15) is 0 Å². The van der Waals surface area contributed by atoms with Gasteiger partial charge in [0.15, 0.2) is 0 Å². The number of nitrogens with one attached hydrogen (secondary N) is 1. The quantitative estimate of drug-likeness (QED) is 0.698. The molecule has 0 aromatic carbocycles. The van der Waals surface area contributed by atoms with Gasteiger partial charge in [0.25, 0.3) is 0 Å². The Morgan fingerprint density at radius 2 is 2.20 bits per heavy atom. The highest BCUT2D eigenvalue weighted by molar-refractivity contribution is 7.99. The van der Waals surface area contributed by atoms with Crippen LogP contribution in [0.5, 0.6) is 0 Å². The smallest absolute Gasteiger partial charge is 0.308 e. The first-order valence-corrected chi connectivity index (χ1v) is 7.40. The Morgan fingerprint density at radius 3 is 2.80 bits per heavy atom. The van der Waals surface area contributed by atoms with Gasteiger partial charge in [-0.05, 0) is 37.1 Å². The van der Waals surface area contributed by atoms with E-state index in [1.165, 1.54) is 11.8 Å². The molecule has 2 N–H and O–H groups in total. The van der Waals surface area contributed by atoms with Crippen LogP contribution in [0.4, 0.5) is 0 Å². The van der Waals surface area contributed by atoms with E-state index in [4.69, 9.17) is 5.11 Å². The van der Waals surface area contributed by atoms with Gasteiger partial charge in [0.2, 0.25) is 11.1 Å². The lowest BCUT2D eigenvalue weighted by Gasteiger charge is -2.17. The van der Waals surface area contributed by atoms with Crippen LogP contribution in [-0.4, -0.2) is 49.0 Å². The number of tetrazole rings is 1. The third-order valence-corrected chi connectivity index (χ3v) is 4.15. The van der Waals surface area contributed by atoms with E-state index in [2.05, 4.69) is 20.8 Å². The van der Waals surface area contributed by atoms with Crippen molar-refractivity contribution in [1.29, 1.82) is 0 Å². The molecule has 1 aliphatic carbocycles. The van der Waals surface area contributed by atoms with E-state index in [0.717, 1.165) is 12.8 Å². The molecule has 9 heteroatoms. The van der Waals surface area contributed by atoms with Crippen molar-refractivity contribution in [3.8, 4) is 0 Å². The molecule has 1 aliphatic rings. The summed E-state index contributed by atoms with van der Waals surface area (Å²) in [4.78, 5) is 22.6. The zero-order chi connectivity index (χ0) is 14.7. The Kier molecular flexibility index (Phi) is 4.58. The Labute approximate surface area is 120 Å². The second kappa shape index (κ2) is 6.21. The summed E-state index contributed by atoms with van der Waals surface area (Å²) < 4.78 is 1.74. The van der Waals surface area contributed by atoms with Gasteiger partial charge >= 0.3 is 5.97 Å². The minimum atomic E-state index is -0.928. The molecule has 8 nitrogen and oxygen atoms in total. The van der Waals surface area contributed by atoms with Gasteiger partial charge in [-0.25, -0.2) is 4.68 Å². The molecule has 1 aromatic heterocycles. The van der Waals surface area contributed by atoms with Gasteiger partial charge in [-0.2, -0.15) is 0 Å². The molecule has 1 saturated carbocycles. The van der Waals surface area contributed by atoms with Gasteiger partial charge in [-0.3, -0.25) is 9.59 Å². The second-order valence-electron chi connectivity index (χ2n) is 4.91. The lowest BCUT2D eigenvalue weighted by Crippen LogP contribution is -2.40. The van der Waals surface area contributed by atoms with Crippen LogP contribution in [0.2, 0.25) is 0 Å². The molecule has 0 spiro atoms. The van der Waals surface area contributed by atoms with Crippen molar-refractivity contribution in [1.82, 2.24) is 25.5 Å². The maximum Gasteiger partial charge on any atom is 0.308 e. The Balaban J connectivity index is 1.80. The third-order valence-electron chi connectivity index (χ3n) is 3.22. The predicted octanol–water partition coefficient (Wildman–Crippen LogP) is 0.325. The zero-order valence-electron chi connectivity index (χ0n) is 11.3. The number of thioether (sulfide) groups is 1. The molecule has 1 heterocycles. The number of hydrogen-bond acceptors (Lipinski definition) is 6. The maximum atomic E-state index is 11.8. The van der Waals surface area contributed by atoms with Crippen molar-refractivity contribution in [2.45, 2.75) is 43.9 Å². The van der Waals surface area contributed by atoms with Gasteiger partial charge in [-0.1, -0.05) is 11.8 Å². The number of nitrogens with zero attached hydrogens (tertiary/aromatic N) is 4. The molecule has 0 bridgehead atoms. The van der Waals surface area contributed by atoms with Crippen LogP contribution in [0, 0.1) is 5.92 Å². The number of rotatable bonds is 7. The van der Waals surface area contributed by atoms with E-state index >= 15 is 0 Å². The molecule has 1 aromatic rings. The predicted molar refractivity (Wildman–Crippen MR) is 71.2 cm³/mol. The van der Waals surface area contributed by atoms with Crippen molar-refractivity contribution in [2.24, 2.45) is 5.92 Å². The van der Waals surface area contributed by atoms with E-state index in [1.807, 2.05) is 0 Å². The maximum absolute atomic E-state index is 11.8. The van der Waals surface area contributed by atoms with Crippen molar-refractivity contribution in [3.05, 3.63) is 0 Å². The molecular formula is C11H17N5O3S. The van der Waals surface area contributed by atoms with Gasteiger partial charge in [-0.15, -0.1) is 5.10 Å². The molecule has 1 amide bonds. The highest BCUT2D eigenvalue weighted by Crippen LogP contribution is 2.36. The molecule has 1 fully saturated rings. The fourth-order valence-electron chi connectivity index (χ4n) is 1.59. The summed E-state index contributed by atoms with van der Waals surface area (Å²) in [6.45, 7) is 3.24. The summed E-state index contributed by atoms with van der Waals surface area (Å²) >= 11 is 1.26. The number of aromatic nitrogens is 4. The summed E-state index contributed by atoms with van der Waals surface area (Å²) in [5, 5.41) is 23.5. The summed E-state index contributed by atoms with van der Waals surface area (Å²) in [5.41, 5.74) is 0. The van der Waals surface area contributed by atoms with E-state index < -0.39 is 17.9 Å². The normalized spacial score (nSPS) is 17.5. The van der Waals surface area contributed by atoms with Crippen LogP contribution in [-0.2, 0) is 9.59 Å². The molecule has 0 aliphatic heterocycles. The summed E-state index contributed by atoms with van der Waals surface area (Å²) in [5.74, 6) is -1.60. The Morgan fingerprint density at radius 1 is 1.50 bits per heavy atom. The minimum Gasteiger partial charge on any atom is -0.481 e. The average molecular weight is 299 g/mol.